The minimum Gasteiger partial charge on any atom is -0.403 e. The summed E-state index contributed by atoms with van der Waals surface area (Å²) in [7, 11) is 0. The van der Waals surface area contributed by atoms with Crippen molar-refractivity contribution in [3.05, 3.63) is 59.5 Å². The standard InChI is InChI=1S/C18H11F6N3O3/c19-10-2-1-8(3-15(10)30-18(22,23)24)6-26-16(28)17(29)27-14-7-25-13-5-12(21)11(20)4-9(13)14/h1-5,7,25H,6H2,(H,26,28)(H,27,29). The molecule has 0 bridgehead atoms. The second-order valence-electron chi connectivity index (χ2n) is 5.96. The van der Waals surface area contributed by atoms with Gasteiger partial charge in [0, 0.05) is 24.2 Å². The molecule has 3 N–H and O–H groups in total. The predicted octanol–water partition coefficient (Wildman–Crippen LogP) is 3.74. The number of H-pyrrole nitrogens is 1. The molecule has 30 heavy (non-hydrogen) atoms. The molecule has 0 atom stereocenters. The summed E-state index contributed by atoms with van der Waals surface area (Å²) in [5.74, 6) is -6.96. The van der Waals surface area contributed by atoms with Crippen LogP contribution in [0.3, 0.4) is 0 Å². The van der Waals surface area contributed by atoms with E-state index in [4.69, 9.17) is 0 Å². The number of anilines is 1. The molecule has 0 spiro atoms. The molecule has 3 rings (SSSR count). The fraction of sp³-hybridized carbons (Fsp3) is 0.111. The molecule has 12 heteroatoms. The van der Waals surface area contributed by atoms with Crippen molar-refractivity contribution in [2.24, 2.45) is 0 Å². The molecule has 0 aliphatic rings. The van der Waals surface area contributed by atoms with Crippen LogP contribution < -0.4 is 15.4 Å². The van der Waals surface area contributed by atoms with Gasteiger partial charge in [-0.15, -0.1) is 13.2 Å². The molecule has 0 saturated carbocycles. The number of halogens is 6. The Kier molecular flexibility index (Phi) is 5.58. The number of ether oxygens (including phenoxy) is 1. The Morgan fingerprint density at radius 2 is 1.67 bits per heavy atom. The van der Waals surface area contributed by atoms with E-state index in [1.54, 1.807) is 0 Å². The first-order valence-electron chi connectivity index (χ1n) is 8.13. The van der Waals surface area contributed by atoms with Gasteiger partial charge in [0.25, 0.3) is 0 Å². The summed E-state index contributed by atoms with van der Waals surface area (Å²) in [4.78, 5) is 26.5. The second kappa shape index (κ2) is 7.97. The maximum absolute atomic E-state index is 13.4. The van der Waals surface area contributed by atoms with Crippen LogP contribution in [0.4, 0.5) is 32.0 Å². The van der Waals surface area contributed by atoms with Gasteiger partial charge < -0.3 is 20.4 Å². The molecule has 0 fully saturated rings. The van der Waals surface area contributed by atoms with Gasteiger partial charge >= 0.3 is 18.2 Å². The van der Waals surface area contributed by atoms with Gasteiger partial charge in [0.05, 0.1) is 11.2 Å². The SMILES string of the molecule is O=C(NCc1ccc(F)c(OC(F)(F)F)c1)C(=O)Nc1c[nH]c2cc(F)c(F)cc12. The summed E-state index contributed by atoms with van der Waals surface area (Å²) in [5.41, 5.74) is 0.209. The Bertz CT molecular complexity index is 1130. The Balaban J connectivity index is 1.65. The highest BCUT2D eigenvalue weighted by molar-refractivity contribution is 6.40. The van der Waals surface area contributed by atoms with E-state index in [0.717, 1.165) is 24.3 Å². The fourth-order valence-electron chi connectivity index (χ4n) is 2.52. The van der Waals surface area contributed by atoms with Crippen LogP contribution in [0.1, 0.15) is 5.56 Å². The van der Waals surface area contributed by atoms with Crippen molar-refractivity contribution in [1.82, 2.24) is 10.3 Å². The first-order chi connectivity index (χ1) is 14.0. The monoisotopic (exact) mass is 431 g/mol. The molecule has 3 aromatic rings. The molecule has 2 aromatic carbocycles. The summed E-state index contributed by atoms with van der Waals surface area (Å²) in [6.45, 7) is -0.408. The number of amides is 2. The van der Waals surface area contributed by atoms with E-state index in [0.29, 0.717) is 6.07 Å². The lowest BCUT2D eigenvalue weighted by Crippen LogP contribution is -2.34. The van der Waals surface area contributed by atoms with Crippen molar-refractivity contribution >= 4 is 28.4 Å². The van der Waals surface area contributed by atoms with E-state index in [1.165, 1.54) is 6.20 Å². The van der Waals surface area contributed by atoms with Gasteiger partial charge in [0.15, 0.2) is 23.2 Å². The fourth-order valence-corrected chi connectivity index (χ4v) is 2.52. The number of aromatic amines is 1. The van der Waals surface area contributed by atoms with Gasteiger partial charge in [-0.2, -0.15) is 0 Å². The van der Waals surface area contributed by atoms with Crippen molar-refractivity contribution in [3.8, 4) is 5.75 Å². The Hall–Kier alpha value is -3.70. The molecular weight excluding hydrogens is 420 g/mol. The lowest BCUT2D eigenvalue weighted by atomic mass is 10.2. The number of benzene rings is 2. The highest BCUT2D eigenvalue weighted by Gasteiger charge is 2.32. The number of fused-ring (bicyclic) bond motifs is 1. The van der Waals surface area contributed by atoms with Crippen molar-refractivity contribution in [1.29, 1.82) is 0 Å². The van der Waals surface area contributed by atoms with Crippen LogP contribution in [0, 0.1) is 17.5 Å². The number of carbonyl (C=O) groups is 2. The third-order valence-electron chi connectivity index (χ3n) is 3.85. The van der Waals surface area contributed by atoms with Crippen molar-refractivity contribution in [3.63, 3.8) is 0 Å². The van der Waals surface area contributed by atoms with Gasteiger partial charge in [0.1, 0.15) is 0 Å². The third-order valence-corrected chi connectivity index (χ3v) is 3.85. The summed E-state index contributed by atoms with van der Waals surface area (Å²) in [6.07, 6.45) is -3.89. The molecule has 0 aliphatic heterocycles. The summed E-state index contributed by atoms with van der Waals surface area (Å²) in [5, 5.41) is 4.44. The number of rotatable bonds is 4. The largest absolute Gasteiger partial charge is 0.573 e. The molecule has 0 saturated heterocycles. The maximum atomic E-state index is 13.4. The molecule has 1 aromatic heterocycles. The summed E-state index contributed by atoms with van der Waals surface area (Å²) in [6, 6.07) is 4.22. The van der Waals surface area contributed by atoms with Crippen LogP contribution in [0.5, 0.6) is 5.75 Å². The first kappa shape index (κ1) is 21.0. The minimum absolute atomic E-state index is 0.00620. The van der Waals surface area contributed by atoms with Crippen LogP contribution in [0.25, 0.3) is 10.9 Å². The summed E-state index contributed by atoms with van der Waals surface area (Å²) < 4.78 is 80.3. The lowest BCUT2D eigenvalue weighted by molar-refractivity contribution is -0.275. The van der Waals surface area contributed by atoms with Gasteiger partial charge in [-0.25, -0.2) is 13.2 Å². The zero-order valence-electron chi connectivity index (χ0n) is 14.7. The van der Waals surface area contributed by atoms with E-state index in [9.17, 15) is 35.9 Å². The van der Waals surface area contributed by atoms with Gasteiger partial charge in [-0.1, -0.05) is 6.07 Å². The average molecular weight is 431 g/mol. The normalized spacial score (nSPS) is 11.4. The highest BCUT2D eigenvalue weighted by Crippen LogP contribution is 2.27. The maximum Gasteiger partial charge on any atom is 0.573 e. The topological polar surface area (TPSA) is 83.2 Å². The first-order valence-corrected chi connectivity index (χ1v) is 8.13. The average Bonchev–Trinajstić information content (AvgIpc) is 3.02. The van der Waals surface area contributed by atoms with E-state index in [2.05, 4.69) is 20.4 Å². The number of hydrogen-bond donors (Lipinski definition) is 3. The van der Waals surface area contributed by atoms with Crippen molar-refractivity contribution in [2.45, 2.75) is 12.9 Å². The van der Waals surface area contributed by atoms with Gasteiger partial charge in [-0.05, 0) is 23.8 Å². The van der Waals surface area contributed by atoms with Gasteiger partial charge in [0.2, 0.25) is 0 Å². The second-order valence-corrected chi connectivity index (χ2v) is 5.96. The number of carbonyl (C=O) groups excluding carboxylic acids is 2. The third kappa shape index (κ3) is 4.82. The number of aromatic nitrogens is 1. The van der Waals surface area contributed by atoms with E-state index in [-0.39, 0.29) is 22.2 Å². The molecule has 0 aliphatic carbocycles. The molecule has 158 valence electrons. The molecule has 6 nitrogen and oxygen atoms in total. The van der Waals surface area contributed by atoms with E-state index < -0.39 is 47.9 Å². The number of hydrogen-bond acceptors (Lipinski definition) is 3. The van der Waals surface area contributed by atoms with Crippen LogP contribution >= 0.6 is 0 Å². The molecule has 0 radical (unpaired) electrons. The van der Waals surface area contributed by atoms with Crippen molar-refractivity contribution < 1.29 is 40.7 Å². The van der Waals surface area contributed by atoms with Crippen molar-refractivity contribution in [2.75, 3.05) is 5.32 Å². The number of alkyl halides is 3. The molecule has 1 heterocycles. The molecular formula is C18H11F6N3O3. The Labute approximate surface area is 163 Å². The lowest BCUT2D eigenvalue weighted by Gasteiger charge is -2.11. The predicted molar refractivity (Wildman–Crippen MR) is 91.8 cm³/mol. The summed E-state index contributed by atoms with van der Waals surface area (Å²) >= 11 is 0. The van der Waals surface area contributed by atoms with Crippen LogP contribution in [-0.2, 0) is 16.1 Å². The Morgan fingerprint density at radius 1 is 0.967 bits per heavy atom. The van der Waals surface area contributed by atoms with E-state index in [1.807, 2.05) is 0 Å². The van der Waals surface area contributed by atoms with Crippen LogP contribution in [0.2, 0.25) is 0 Å². The van der Waals surface area contributed by atoms with E-state index >= 15 is 0 Å². The van der Waals surface area contributed by atoms with Gasteiger partial charge in [-0.3, -0.25) is 9.59 Å². The Morgan fingerprint density at radius 3 is 2.37 bits per heavy atom. The molecule has 2 amide bonds. The van der Waals surface area contributed by atoms with Crippen LogP contribution in [0.15, 0.2) is 36.5 Å². The zero-order chi connectivity index (χ0) is 22.1. The zero-order valence-corrected chi connectivity index (χ0v) is 14.7. The van der Waals surface area contributed by atoms with Crippen LogP contribution in [-0.4, -0.2) is 23.2 Å². The highest BCUT2D eigenvalue weighted by atomic mass is 19.4. The number of nitrogens with one attached hydrogen (secondary N) is 3. The smallest absolute Gasteiger partial charge is 0.403 e. The minimum atomic E-state index is -5.11. The quantitative estimate of drug-likeness (QED) is 0.435. The molecule has 0 unspecified atom stereocenters.